The Morgan fingerprint density at radius 2 is 1.88 bits per heavy atom. The highest BCUT2D eigenvalue weighted by Gasteiger charge is 2.12. The Bertz CT molecular complexity index is 179. The van der Waals surface area contributed by atoms with Gasteiger partial charge in [-0.05, 0) is 33.1 Å². The molecule has 1 atom stereocenters. The fourth-order valence-electron chi connectivity index (χ4n) is 2.52. The number of likely N-dealkylation sites (N-methyl/N-ethyl adjacent to an activating group) is 1. The molecule has 102 valence electrons. The number of nitrogens with one attached hydrogen (secondary N) is 1. The average molecular weight is 258 g/mol. The van der Waals surface area contributed by atoms with Crippen LogP contribution >= 0.6 is 11.8 Å². The number of hydrogen-bond donors (Lipinski definition) is 1. The zero-order valence-electron chi connectivity index (χ0n) is 11.9. The molecule has 0 aromatic heterocycles. The van der Waals surface area contributed by atoms with E-state index in [1.165, 1.54) is 50.8 Å². The van der Waals surface area contributed by atoms with Crippen LogP contribution in [0.5, 0.6) is 0 Å². The lowest BCUT2D eigenvalue weighted by Gasteiger charge is -2.25. The van der Waals surface area contributed by atoms with E-state index in [1.54, 1.807) is 0 Å². The molecule has 1 aliphatic carbocycles. The smallest absolute Gasteiger partial charge is 0.0155 e. The first-order valence-electron chi connectivity index (χ1n) is 7.16. The van der Waals surface area contributed by atoms with Gasteiger partial charge in [-0.15, -0.1) is 0 Å². The summed E-state index contributed by atoms with van der Waals surface area (Å²) in [5.41, 5.74) is 0. The van der Waals surface area contributed by atoms with E-state index in [2.05, 4.69) is 30.4 Å². The van der Waals surface area contributed by atoms with Crippen LogP contribution in [-0.2, 0) is 0 Å². The van der Waals surface area contributed by atoms with E-state index in [0.717, 1.165) is 12.6 Å². The predicted molar refractivity (Wildman–Crippen MR) is 80.0 cm³/mol. The van der Waals surface area contributed by atoms with Crippen molar-refractivity contribution in [2.45, 2.75) is 57.5 Å². The lowest BCUT2D eigenvalue weighted by molar-refractivity contribution is 0.270. The second-order valence-electron chi connectivity index (χ2n) is 5.43. The first-order valence-corrected chi connectivity index (χ1v) is 8.56. The van der Waals surface area contributed by atoms with E-state index in [1.807, 2.05) is 11.8 Å². The second kappa shape index (κ2) is 9.23. The van der Waals surface area contributed by atoms with Gasteiger partial charge in [0.05, 0.1) is 0 Å². The number of rotatable bonds is 7. The van der Waals surface area contributed by atoms with Gasteiger partial charge in [0, 0.05) is 30.9 Å². The quantitative estimate of drug-likeness (QED) is 0.707. The van der Waals surface area contributed by atoms with Crippen molar-refractivity contribution in [2.75, 3.05) is 32.1 Å². The molecule has 3 heteroatoms. The third-order valence-corrected chi connectivity index (χ3v) is 4.73. The molecule has 1 unspecified atom stereocenters. The first-order chi connectivity index (χ1) is 8.24. The SMILES string of the molecule is CSCC(C)N(C)CCNC1CCCCCC1. The maximum Gasteiger partial charge on any atom is 0.0155 e. The minimum absolute atomic E-state index is 0.695. The molecule has 0 saturated heterocycles. The Balaban J connectivity index is 2.09. The molecule has 0 heterocycles. The summed E-state index contributed by atoms with van der Waals surface area (Å²) in [6, 6.07) is 1.49. The highest BCUT2D eigenvalue weighted by atomic mass is 32.2. The third-order valence-electron chi connectivity index (χ3n) is 3.91. The maximum absolute atomic E-state index is 3.74. The summed E-state index contributed by atoms with van der Waals surface area (Å²) in [7, 11) is 2.25. The van der Waals surface area contributed by atoms with Crippen molar-refractivity contribution >= 4 is 11.8 Å². The van der Waals surface area contributed by atoms with Gasteiger partial charge in [-0.3, -0.25) is 0 Å². The van der Waals surface area contributed by atoms with Crippen LogP contribution in [0.4, 0.5) is 0 Å². The van der Waals surface area contributed by atoms with Crippen molar-refractivity contribution in [3.8, 4) is 0 Å². The predicted octanol–water partition coefficient (Wildman–Crippen LogP) is 2.98. The molecule has 1 aliphatic rings. The zero-order valence-corrected chi connectivity index (χ0v) is 12.7. The molecule has 2 nitrogen and oxygen atoms in total. The lowest BCUT2D eigenvalue weighted by Crippen LogP contribution is -2.39. The summed E-state index contributed by atoms with van der Waals surface area (Å²) in [6.07, 6.45) is 10.7. The van der Waals surface area contributed by atoms with Crippen LogP contribution in [-0.4, -0.2) is 49.1 Å². The summed E-state index contributed by atoms with van der Waals surface area (Å²) in [4.78, 5) is 2.47. The monoisotopic (exact) mass is 258 g/mol. The Hall–Kier alpha value is 0.270. The third kappa shape index (κ3) is 6.68. The molecule has 0 bridgehead atoms. The van der Waals surface area contributed by atoms with Crippen LogP contribution in [0.25, 0.3) is 0 Å². The Morgan fingerprint density at radius 3 is 2.47 bits per heavy atom. The van der Waals surface area contributed by atoms with Crippen LogP contribution in [0.1, 0.15) is 45.4 Å². The van der Waals surface area contributed by atoms with Gasteiger partial charge in [0.1, 0.15) is 0 Å². The van der Waals surface area contributed by atoms with E-state index in [9.17, 15) is 0 Å². The lowest BCUT2D eigenvalue weighted by atomic mass is 10.1. The summed E-state index contributed by atoms with van der Waals surface area (Å²) in [5.74, 6) is 1.24. The van der Waals surface area contributed by atoms with Gasteiger partial charge in [-0.2, -0.15) is 11.8 Å². The summed E-state index contributed by atoms with van der Waals surface area (Å²) < 4.78 is 0. The van der Waals surface area contributed by atoms with Crippen LogP contribution in [0.3, 0.4) is 0 Å². The standard InChI is InChI=1S/C14H30N2S/c1-13(12-17-3)16(2)11-10-15-14-8-6-4-5-7-9-14/h13-15H,4-12H2,1-3H3. The Morgan fingerprint density at radius 1 is 1.24 bits per heavy atom. The molecule has 0 aromatic carbocycles. The van der Waals surface area contributed by atoms with Gasteiger partial charge in [-0.1, -0.05) is 25.7 Å². The molecule has 17 heavy (non-hydrogen) atoms. The van der Waals surface area contributed by atoms with Crippen molar-refractivity contribution in [3.05, 3.63) is 0 Å². The van der Waals surface area contributed by atoms with E-state index < -0.39 is 0 Å². The van der Waals surface area contributed by atoms with E-state index in [-0.39, 0.29) is 0 Å². The molecule has 1 saturated carbocycles. The van der Waals surface area contributed by atoms with Gasteiger partial charge in [0.25, 0.3) is 0 Å². The summed E-state index contributed by atoms with van der Waals surface area (Å²) >= 11 is 1.94. The van der Waals surface area contributed by atoms with Gasteiger partial charge >= 0.3 is 0 Å². The molecule has 1 N–H and O–H groups in total. The highest BCUT2D eigenvalue weighted by Crippen LogP contribution is 2.16. The van der Waals surface area contributed by atoms with Gasteiger partial charge < -0.3 is 10.2 Å². The van der Waals surface area contributed by atoms with Gasteiger partial charge in [-0.25, -0.2) is 0 Å². The molecule has 0 aromatic rings. The summed E-state index contributed by atoms with van der Waals surface area (Å²) in [6.45, 7) is 4.65. The largest absolute Gasteiger partial charge is 0.313 e. The zero-order chi connectivity index (χ0) is 12.5. The molecular formula is C14H30N2S. The van der Waals surface area contributed by atoms with Gasteiger partial charge in [0.2, 0.25) is 0 Å². The van der Waals surface area contributed by atoms with E-state index in [4.69, 9.17) is 0 Å². The van der Waals surface area contributed by atoms with E-state index in [0.29, 0.717) is 6.04 Å². The van der Waals surface area contributed by atoms with Crippen molar-refractivity contribution in [3.63, 3.8) is 0 Å². The van der Waals surface area contributed by atoms with Crippen molar-refractivity contribution in [1.29, 1.82) is 0 Å². The van der Waals surface area contributed by atoms with Crippen LogP contribution < -0.4 is 5.32 Å². The van der Waals surface area contributed by atoms with Crippen molar-refractivity contribution in [2.24, 2.45) is 0 Å². The molecule has 0 amide bonds. The van der Waals surface area contributed by atoms with Crippen LogP contribution in [0, 0.1) is 0 Å². The minimum atomic E-state index is 0.695. The molecule has 0 spiro atoms. The molecule has 0 aliphatic heterocycles. The number of thioether (sulfide) groups is 1. The fraction of sp³-hybridized carbons (Fsp3) is 1.00. The molecule has 1 rings (SSSR count). The number of nitrogens with zero attached hydrogens (tertiary/aromatic N) is 1. The van der Waals surface area contributed by atoms with E-state index >= 15 is 0 Å². The fourth-order valence-corrected chi connectivity index (χ4v) is 3.25. The normalized spacial score (nSPS) is 20.5. The molecule has 1 fully saturated rings. The Labute approximate surface area is 112 Å². The minimum Gasteiger partial charge on any atom is -0.313 e. The molecular weight excluding hydrogens is 228 g/mol. The summed E-state index contributed by atoms with van der Waals surface area (Å²) in [5, 5.41) is 3.74. The average Bonchev–Trinajstić information content (AvgIpc) is 2.58. The second-order valence-corrected chi connectivity index (χ2v) is 6.34. The highest BCUT2D eigenvalue weighted by molar-refractivity contribution is 7.98. The first kappa shape index (κ1) is 15.3. The van der Waals surface area contributed by atoms with Crippen molar-refractivity contribution in [1.82, 2.24) is 10.2 Å². The Kier molecular flexibility index (Phi) is 8.33. The molecule has 0 radical (unpaired) electrons. The van der Waals surface area contributed by atoms with Crippen LogP contribution in [0.15, 0.2) is 0 Å². The maximum atomic E-state index is 3.74. The van der Waals surface area contributed by atoms with Crippen LogP contribution in [0.2, 0.25) is 0 Å². The van der Waals surface area contributed by atoms with Gasteiger partial charge in [0.15, 0.2) is 0 Å². The van der Waals surface area contributed by atoms with Crippen molar-refractivity contribution < 1.29 is 0 Å². The topological polar surface area (TPSA) is 15.3 Å². The number of hydrogen-bond acceptors (Lipinski definition) is 3.